The fourth-order valence-corrected chi connectivity index (χ4v) is 3.41. The number of amides is 1. The van der Waals surface area contributed by atoms with E-state index in [2.05, 4.69) is 21.8 Å². The third-order valence-corrected chi connectivity index (χ3v) is 5.20. The number of aryl methyl sites for hydroxylation is 1. The number of hydrogen-bond donors (Lipinski definition) is 2. The number of carbonyl (C=O) groups excluding carboxylic acids is 1. The normalized spacial score (nSPS) is 15.9. The maximum atomic E-state index is 12.0. The number of benzene rings is 1. The number of nitrogens with zero attached hydrogens (tertiary/aromatic N) is 2. The molecule has 22 heavy (non-hydrogen) atoms. The first kappa shape index (κ1) is 15.4. The van der Waals surface area contributed by atoms with E-state index >= 15 is 0 Å². The van der Waals surface area contributed by atoms with Gasteiger partial charge in [0.2, 0.25) is 5.91 Å². The lowest BCUT2D eigenvalue weighted by Crippen LogP contribution is -2.33. The van der Waals surface area contributed by atoms with Crippen molar-refractivity contribution >= 4 is 28.7 Å². The maximum Gasteiger partial charge on any atom is 0.230 e. The highest BCUT2D eigenvalue weighted by molar-refractivity contribution is 7.99. The fraction of sp³-hybridized carbons (Fsp3) is 0.500. The molecule has 0 bridgehead atoms. The van der Waals surface area contributed by atoms with E-state index < -0.39 is 0 Å². The predicted octanol–water partition coefficient (Wildman–Crippen LogP) is 2.04. The zero-order valence-electron chi connectivity index (χ0n) is 12.7. The summed E-state index contributed by atoms with van der Waals surface area (Å²) in [6.45, 7) is 3.65. The molecule has 0 saturated heterocycles. The molecule has 1 heterocycles. The highest BCUT2D eigenvalue weighted by Gasteiger charge is 2.41. The van der Waals surface area contributed by atoms with Crippen LogP contribution in [0.25, 0.3) is 11.0 Å². The molecule has 0 spiro atoms. The van der Waals surface area contributed by atoms with E-state index in [0.29, 0.717) is 12.3 Å². The van der Waals surface area contributed by atoms with Gasteiger partial charge in [-0.3, -0.25) is 4.79 Å². The number of aliphatic hydroxyl groups is 1. The lowest BCUT2D eigenvalue weighted by molar-refractivity contribution is -0.118. The lowest BCUT2D eigenvalue weighted by Gasteiger charge is -2.12. The van der Waals surface area contributed by atoms with E-state index in [1.165, 1.54) is 11.8 Å². The van der Waals surface area contributed by atoms with Gasteiger partial charge < -0.3 is 15.0 Å². The first-order valence-corrected chi connectivity index (χ1v) is 8.62. The van der Waals surface area contributed by atoms with E-state index in [4.69, 9.17) is 0 Å². The van der Waals surface area contributed by atoms with Crippen molar-refractivity contribution in [3.8, 4) is 0 Å². The van der Waals surface area contributed by atoms with E-state index in [9.17, 15) is 9.90 Å². The summed E-state index contributed by atoms with van der Waals surface area (Å²) in [4.78, 5) is 16.6. The first-order valence-electron chi connectivity index (χ1n) is 7.63. The van der Waals surface area contributed by atoms with Crippen molar-refractivity contribution in [3.63, 3.8) is 0 Å². The van der Waals surface area contributed by atoms with Crippen LogP contribution in [-0.4, -0.2) is 39.5 Å². The van der Waals surface area contributed by atoms with Crippen molar-refractivity contribution in [2.24, 2.45) is 5.41 Å². The summed E-state index contributed by atoms with van der Waals surface area (Å²) in [5, 5.41) is 13.1. The third kappa shape index (κ3) is 3.13. The van der Waals surface area contributed by atoms with Gasteiger partial charge >= 0.3 is 0 Å². The summed E-state index contributed by atoms with van der Waals surface area (Å²) in [5.41, 5.74) is 2.02. The van der Waals surface area contributed by atoms with E-state index in [0.717, 1.165) is 35.6 Å². The van der Waals surface area contributed by atoms with Crippen LogP contribution < -0.4 is 5.32 Å². The molecule has 5 nitrogen and oxygen atoms in total. The molecule has 1 aromatic carbocycles. The summed E-state index contributed by atoms with van der Waals surface area (Å²) >= 11 is 1.46. The standard InChI is InChI=1S/C16H21N3O2S/c1-2-19-13-6-4-3-5-12(13)18-15(19)22-9-14(21)17-10-16(11-20)7-8-16/h3-6,20H,2,7-11H2,1H3,(H,17,21). The minimum absolute atomic E-state index is 0.000524. The molecule has 3 rings (SSSR count). The summed E-state index contributed by atoms with van der Waals surface area (Å²) in [6.07, 6.45) is 2.01. The molecule has 1 aromatic heterocycles. The smallest absolute Gasteiger partial charge is 0.230 e. The van der Waals surface area contributed by atoms with Gasteiger partial charge in [0, 0.05) is 18.5 Å². The molecule has 0 unspecified atom stereocenters. The number of aliphatic hydroxyl groups excluding tert-OH is 1. The number of thioether (sulfide) groups is 1. The quantitative estimate of drug-likeness (QED) is 0.767. The average molecular weight is 319 g/mol. The zero-order valence-corrected chi connectivity index (χ0v) is 13.5. The molecule has 1 fully saturated rings. The monoisotopic (exact) mass is 319 g/mol. The topological polar surface area (TPSA) is 67.2 Å². The molecule has 0 aliphatic heterocycles. The van der Waals surface area contributed by atoms with Crippen LogP contribution in [0.2, 0.25) is 0 Å². The second-order valence-corrected chi connectivity index (χ2v) is 6.79. The van der Waals surface area contributed by atoms with Gasteiger partial charge in [-0.2, -0.15) is 0 Å². The number of hydrogen-bond acceptors (Lipinski definition) is 4. The SMILES string of the molecule is CCn1c(SCC(=O)NCC2(CO)CC2)nc2ccccc21. The molecule has 6 heteroatoms. The zero-order chi connectivity index (χ0) is 15.6. The molecule has 1 saturated carbocycles. The molecule has 1 aliphatic carbocycles. The van der Waals surface area contributed by atoms with E-state index in [-0.39, 0.29) is 17.9 Å². The minimum Gasteiger partial charge on any atom is -0.396 e. The molecule has 1 aliphatic rings. The van der Waals surface area contributed by atoms with Crippen LogP contribution in [0.5, 0.6) is 0 Å². The molecule has 0 radical (unpaired) electrons. The number of imidazole rings is 1. The van der Waals surface area contributed by atoms with E-state index in [1.807, 2.05) is 24.3 Å². The molecule has 1 amide bonds. The molecular weight excluding hydrogens is 298 g/mol. The second kappa shape index (κ2) is 6.30. The Morgan fingerprint density at radius 2 is 2.23 bits per heavy atom. The lowest BCUT2D eigenvalue weighted by atomic mass is 10.1. The van der Waals surface area contributed by atoms with Gasteiger partial charge in [-0.15, -0.1) is 0 Å². The van der Waals surface area contributed by atoms with Crippen LogP contribution in [0.4, 0.5) is 0 Å². The van der Waals surface area contributed by atoms with Gasteiger partial charge in [0.05, 0.1) is 23.4 Å². The molecule has 2 N–H and O–H groups in total. The highest BCUT2D eigenvalue weighted by Crippen LogP contribution is 2.44. The van der Waals surface area contributed by atoms with Gasteiger partial charge in [-0.25, -0.2) is 4.98 Å². The van der Waals surface area contributed by atoms with Crippen LogP contribution in [-0.2, 0) is 11.3 Å². The third-order valence-electron chi connectivity index (χ3n) is 4.22. The van der Waals surface area contributed by atoms with E-state index in [1.54, 1.807) is 0 Å². The van der Waals surface area contributed by atoms with Crippen molar-refractivity contribution in [3.05, 3.63) is 24.3 Å². The number of rotatable bonds is 7. The summed E-state index contributed by atoms with van der Waals surface area (Å²) in [5.74, 6) is 0.351. The minimum atomic E-state index is -0.0447. The Bertz CT molecular complexity index is 679. The number of carbonyl (C=O) groups is 1. The number of para-hydroxylation sites is 2. The molecule has 118 valence electrons. The Labute approximate surface area is 134 Å². The predicted molar refractivity (Wildman–Crippen MR) is 87.9 cm³/mol. The number of fused-ring (bicyclic) bond motifs is 1. The average Bonchev–Trinajstić information content (AvgIpc) is 3.24. The summed E-state index contributed by atoms with van der Waals surface area (Å²) in [6, 6.07) is 8.01. The van der Waals surface area contributed by atoms with Gasteiger partial charge in [-0.1, -0.05) is 23.9 Å². The van der Waals surface area contributed by atoms with Crippen LogP contribution in [0.3, 0.4) is 0 Å². The Morgan fingerprint density at radius 3 is 2.91 bits per heavy atom. The van der Waals surface area contributed by atoms with Gasteiger partial charge in [0.25, 0.3) is 0 Å². The van der Waals surface area contributed by atoms with Crippen molar-refractivity contribution < 1.29 is 9.90 Å². The van der Waals surface area contributed by atoms with Crippen LogP contribution >= 0.6 is 11.8 Å². The fourth-order valence-electron chi connectivity index (χ4n) is 2.50. The van der Waals surface area contributed by atoms with Crippen molar-refractivity contribution in [2.45, 2.75) is 31.5 Å². The Balaban J connectivity index is 1.60. The van der Waals surface area contributed by atoms with Crippen molar-refractivity contribution in [1.82, 2.24) is 14.9 Å². The molecule has 2 aromatic rings. The van der Waals surface area contributed by atoms with Gasteiger partial charge in [0.1, 0.15) is 0 Å². The Morgan fingerprint density at radius 1 is 1.45 bits per heavy atom. The molecular formula is C16H21N3O2S. The van der Waals surface area contributed by atoms with Crippen LogP contribution in [0, 0.1) is 5.41 Å². The Hall–Kier alpha value is -1.53. The van der Waals surface area contributed by atoms with Crippen molar-refractivity contribution in [1.29, 1.82) is 0 Å². The largest absolute Gasteiger partial charge is 0.396 e. The summed E-state index contributed by atoms with van der Waals surface area (Å²) < 4.78 is 2.13. The molecule has 0 atom stereocenters. The second-order valence-electron chi connectivity index (χ2n) is 5.85. The van der Waals surface area contributed by atoms with Crippen LogP contribution in [0.15, 0.2) is 29.4 Å². The number of nitrogens with one attached hydrogen (secondary N) is 1. The maximum absolute atomic E-state index is 12.0. The van der Waals surface area contributed by atoms with Crippen molar-refractivity contribution in [2.75, 3.05) is 18.9 Å². The van der Waals surface area contributed by atoms with Crippen LogP contribution in [0.1, 0.15) is 19.8 Å². The highest BCUT2D eigenvalue weighted by atomic mass is 32.2. The Kier molecular flexibility index (Phi) is 4.40. The summed E-state index contributed by atoms with van der Waals surface area (Å²) in [7, 11) is 0. The first-order chi connectivity index (χ1) is 10.7. The van der Waals surface area contributed by atoms with Gasteiger partial charge in [-0.05, 0) is 31.9 Å². The number of aromatic nitrogens is 2. The van der Waals surface area contributed by atoms with Gasteiger partial charge in [0.15, 0.2) is 5.16 Å².